The zero-order valence-electron chi connectivity index (χ0n) is 8.74. The Morgan fingerprint density at radius 2 is 1.88 bits per heavy atom. The standard InChI is InChI=1S/C13H8BrFN2/c14-10-6-3-5-9-12(16-17-13(9)10)8-4-1-2-7-11(8)15/h1-7H,(H,16,17). The summed E-state index contributed by atoms with van der Waals surface area (Å²) in [5, 5.41) is 8.00. The number of hydrogen-bond acceptors (Lipinski definition) is 1. The third-order valence-corrected chi connectivity index (χ3v) is 3.32. The van der Waals surface area contributed by atoms with Crippen LogP contribution in [-0.4, -0.2) is 10.2 Å². The molecule has 0 atom stereocenters. The Kier molecular flexibility index (Phi) is 2.44. The highest BCUT2D eigenvalue weighted by molar-refractivity contribution is 9.10. The average molecular weight is 291 g/mol. The summed E-state index contributed by atoms with van der Waals surface area (Å²) < 4.78 is 14.6. The van der Waals surface area contributed by atoms with E-state index in [1.54, 1.807) is 12.1 Å². The fourth-order valence-electron chi connectivity index (χ4n) is 1.87. The van der Waals surface area contributed by atoms with Crippen molar-refractivity contribution in [3.63, 3.8) is 0 Å². The van der Waals surface area contributed by atoms with Crippen molar-refractivity contribution < 1.29 is 4.39 Å². The molecule has 1 aromatic heterocycles. The number of halogens is 2. The van der Waals surface area contributed by atoms with Crippen molar-refractivity contribution in [2.45, 2.75) is 0 Å². The second-order valence-electron chi connectivity index (χ2n) is 3.71. The number of nitrogens with zero attached hydrogens (tertiary/aromatic N) is 1. The molecule has 1 N–H and O–H groups in total. The molecule has 1 heterocycles. The predicted molar refractivity (Wildman–Crippen MR) is 69.2 cm³/mol. The first kappa shape index (κ1) is 10.5. The lowest BCUT2D eigenvalue weighted by Crippen LogP contribution is -1.84. The van der Waals surface area contributed by atoms with Crippen molar-refractivity contribution >= 4 is 26.8 Å². The minimum Gasteiger partial charge on any atom is -0.276 e. The summed E-state index contributed by atoms with van der Waals surface area (Å²) in [7, 11) is 0. The normalized spacial score (nSPS) is 10.9. The van der Waals surface area contributed by atoms with E-state index in [9.17, 15) is 4.39 Å². The van der Waals surface area contributed by atoms with Crippen LogP contribution in [0.2, 0.25) is 0 Å². The fraction of sp³-hybridized carbons (Fsp3) is 0. The first-order valence-corrected chi connectivity index (χ1v) is 5.94. The van der Waals surface area contributed by atoms with Gasteiger partial charge in [0.15, 0.2) is 0 Å². The molecule has 0 saturated carbocycles. The van der Waals surface area contributed by atoms with Gasteiger partial charge in [0.05, 0.1) is 5.69 Å². The topological polar surface area (TPSA) is 28.7 Å². The molecule has 0 radical (unpaired) electrons. The van der Waals surface area contributed by atoms with Gasteiger partial charge in [0.25, 0.3) is 0 Å². The Balaban J connectivity index is 2.33. The van der Waals surface area contributed by atoms with Crippen molar-refractivity contribution in [1.82, 2.24) is 10.2 Å². The molecule has 2 aromatic carbocycles. The first-order valence-electron chi connectivity index (χ1n) is 5.15. The van der Waals surface area contributed by atoms with Gasteiger partial charge in [0.2, 0.25) is 0 Å². The maximum absolute atomic E-state index is 13.7. The summed E-state index contributed by atoms with van der Waals surface area (Å²) in [6, 6.07) is 12.4. The van der Waals surface area contributed by atoms with E-state index in [-0.39, 0.29) is 5.82 Å². The van der Waals surface area contributed by atoms with Gasteiger partial charge in [-0.1, -0.05) is 24.3 Å². The first-order chi connectivity index (χ1) is 8.27. The quantitative estimate of drug-likeness (QED) is 0.717. The van der Waals surface area contributed by atoms with Crippen LogP contribution in [0.4, 0.5) is 4.39 Å². The van der Waals surface area contributed by atoms with Crippen molar-refractivity contribution in [1.29, 1.82) is 0 Å². The maximum Gasteiger partial charge on any atom is 0.132 e. The van der Waals surface area contributed by atoms with Crippen LogP contribution >= 0.6 is 15.9 Å². The van der Waals surface area contributed by atoms with E-state index in [0.717, 1.165) is 15.4 Å². The van der Waals surface area contributed by atoms with Gasteiger partial charge in [-0.3, -0.25) is 5.10 Å². The number of para-hydroxylation sites is 1. The van der Waals surface area contributed by atoms with Crippen LogP contribution < -0.4 is 0 Å². The van der Waals surface area contributed by atoms with Gasteiger partial charge >= 0.3 is 0 Å². The Labute approximate surface area is 106 Å². The number of rotatable bonds is 1. The molecule has 84 valence electrons. The smallest absolute Gasteiger partial charge is 0.132 e. The van der Waals surface area contributed by atoms with Gasteiger partial charge < -0.3 is 0 Å². The van der Waals surface area contributed by atoms with Gasteiger partial charge in [-0.15, -0.1) is 0 Å². The molecule has 4 heteroatoms. The average Bonchev–Trinajstić information content (AvgIpc) is 2.75. The number of fused-ring (bicyclic) bond motifs is 1. The summed E-state index contributed by atoms with van der Waals surface area (Å²) in [6.07, 6.45) is 0. The van der Waals surface area contributed by atoms with E-state index in [1.807, 2.05) is 24.3 Å². The van der Waals surface area contributed by atoms with E-state index in [0.29, 0.717) is 11.3 Å². The molecule has 0 unspecified atom stereocenters. The molecule has 0 amide bonds. The summed E-state index contributed by atoms with van der Waals surface area (Å²) >= 11 is 3.43. The molecule has 0 aliphatic carbocycles. The van der Waals surface area contributed by atoms with Crippen LogP contribution in [-0.2, 0) is 0 Å². The highest BCUT2D eigenvalue weighted by Crippen LogP contribution is 2.31. The number of H-pyrrole nitrogens is 1. The molecule has 0 spiro atoms. The van der Waals surface area contributed by atoms with Crippen LogP contribution in [0.5, 0.6) is 0 Å². The Bertz CT molecular complexity index is 691. The third kappa shape index (κ3) is 1.65. The zero-order chi connectivity index (χ0) is 11.8. The Morgan fingerprint density at radius 3 is 2.71 bits per heavy atom. The predicted octanol–water partition coefficient (Wildman–Crippen LogP) is 4.13. The number of aromatic amines is 1. The third-order valence-electron chi connectivity index (χ3n) is 2.68. The number of hydrogen-bond donors (Lipinski definition) is 1. The van der Waals surface area contributed by atoms with Crippen LogP contribution in [0.1, 0.15) is 0 Å². The van der Waals surface area contributed by atoms with E-state index in [1.165, 1.54) is 6.07 Å². The molecular weight excluding hydrogens is 283 g/mol. The summed E-state index contributed by atoms with van der Waals surface area (Å²) in [6.45, 7) is 0. The van der Waals surface area contributed by atoms with Crippen molar-refractivity contribution in [3.05, 3.63) is 52.8 Å². The second-order valence-corrected chi connectivity index (χ2v) is 4.57. The molecule has 3 rings (SSSR count). The Hall–Kier alpha value is -1.68. The fourth-order valence-corrected chi connectivity index (χ4v) is 2.33. The minimum atomic E-state index is -0.252. The van der Waals surface area contributed by atoms with E-state index < -0.39 is 0 Å². The van der Waals surface area contributed by atoms with Gasteiger partial charge in [-0.2, -0.15) is 5.10 Å². The van der Waals surface area contributed by atoms with E-state index >= 15 is 0 Å². The van der Waals surface area contributed by atoms with E-state index in [2.05, 4.69) is 26.1 Å². The summed E-state index contributed by atoms with van der Waals surface area (Å²) in [4.78, 5) is 0. The molecule has 17 heavy (non-hydrogen) atoms. The van der Waals surface area contributed by atoms with Gasteiger partial charge in [0, 0.05) is 15.4 Å². The molecular formula is C13H8BrFN2. The van der Waals surface area contributed by atoms with Crippen molar-refractivity contribution in [2.24, 2.45) is 0 Å². The van der Waals surface area contributed by atoms with Crippen LogP contribution in [0.25, 0.3) is 22.2 Å². The lowest BCUT2D eigenvalue weighted by atomic mass is 10.1. The van der Waals surface area contributed by atoms with Crippen LogP contribution in [0.15, 0.2) is 46.9 Å². The lowest BCUT2D eigenvalue weighted by Gasteiger charge is -2.00. The molecule has 2 nitrogen and oxygen atoms in total. The summed E-state index contributed by atoms with van der Waals surface area (Å²) in [5.41, 5.74) is 2.05. The van der Waals surface area contributed by atoms with Gasteiger partial charge in [0.1, 0.15) is 11.3 Å². The molecule has 0 bridgehead atoms. The molecule has 0 saturated heterocycles. The maximum atomic E-state index is 13.7. The van der Waals surface area contributed by atoms with Crippen LogP contribution in [0.3, 0.4) is 0 Å². The SMILES string of the molecule is Fc1ccccc1-c1[nH]nc2c(Br)cccc12. The van der Waals surface area contributed by atoms with Crippen molar-refractivity contribution in [2.75, 3.05) is 0 Å². The molecule has 0 fully saturated rings. The largest absolute Gasteiger partial charge is 0.276 e. The van der Waals surface area contributed by atoms with E-state index in [4.69, 9.17) is 0 Å². The molecule has 0 aliphatic rings. The monoisotopic (exact) mass is 290 g/mol. The van der Waals surface area contributed by atoms with Gasteiger partial charge in [-0.25, -0.2) is 4.39 Å². The van der Waals surface area contributed by atoms with Gasteiger partial charge in [-0.05, 0) is 34.1 Å². The minimum absolute atomic E-state index is 0.252. The van der Waals surface area contributed by atoms with Crippen molar-refractivity contribution in [3.8, 4) is 11.3 Å². The number of aromatic nitrogens is 2. The van der Waals surface area contributed by atoms with Crippen LogP contribution in [0, 0.1) is 5.82 Å². The number of nitrogens with one attached hydrogen (secondary N) is 1. The number of benzene rings is 2. The molecule has 3 aromatic rings. The highest BCUT2D eigenvalue weighted by Gasteiger charge is 2.12. The Morgan fingerprint density at radius 1 is 1.06 bits per heavy atom. The lowest BCUT2D eigenvalue weighted by molar-refractivity contribution is 0.631. The second kappa shape index (κ2) is 3.96. The highest BCUT2D eigenvalue weighted by atomic mass is 79.9. The zero-order valence-corrected chi connectivity index (χ0v) is 10.3. The molecule has 0 aliphatic heterocycles. The summed E-state index contributed by atoms with van der Waals surface area (Å²) in [5.74, 6) is -0.252.